The van der Waals surface area contributed by atoms with Crippen LogP contribution in [0.25, 0.3) is 0 Å². The molecule has 172 valence electrons. The van der Waals surface area contributed by atoms with Crippen LogP contribution in [0, 0.1) is 0 Å². The van der Waals surface area contributed by atoms with Gasteiger partial charge >= 0.3 is 0 Å². The molecule has 0 radical (unpaired) electrons. The fraction of sp³-hybridized carbons (Fsp3) is 0.400. The third-order valence-electron chi connectivity index (χ3n) is 5.15. The maximum atomic E-state index is 12.0. The second-order valence-electron chi connectivity index (χ2n) is 7.60. The van der Waals surface area contributed by atoms with Crippen molar-refractivity contribution in [1.29, 1.82) is 0 Å². The largest absolute Gasteiger partial charge is 0.394 e. The van der Waals surface area contributed by atoms with Gasteiger partial charge < -0.3 is 29.4 Å². The van der Waals surface area contributed by atoms with Crippen molar-refractivity contribution in [3.05, 3.63) is 84.4 Å². The van der Waals surface area contributed by atoms with Crippen molar-refractivity contribution in [2.24, 2.45) is 0 Å². The molecule has 7 heteroatoms. The van der Waals surface area contributed by atoms with Crippen LogP contribution >= 0.6 is 0 Å². The number of aliphatic hydroxyl groups excluding tert-OH is 1. The van der Waals surface area contributed by atoms with Crippen molar-refractivity contribution in [2.75, 3.05) is 13.2 Å². The van der Waals surface area contributed by atoms with Crippen LogP contribution in [-0.4, -0.2) is 54.9 Å². The maximum Gasteiger partial charge on any atom is 0.217 e. The molecule has 0 unspecified atom stereocenters. The molecule has 32 heavy (non-hydrogen) atoms. The van der Waals surface area contributed by atoms with Gasteiger partial charge in [-0.05, 0) is 11.1 Å². The zero-order chi connectivity index (χ0) is 22.8. The van der Waals surface area contributed by atoms with E-state index in [-0.39, 0.29) is 25.7 Å². The zero-order valence-electron chi connectivity index (χ0n) is 18.3. The van der Waals surface area contributed by atoms with Crippen LogP contribution in [0.3, 0.4) is 0 Å². The number of hydrogen-bond acceptors (Lipinski definition) is 6. The number of amides is 1. The lowest BCUT2D eigenvalue weighted by molar-refractivity contribution is -0.288. The molecule has 5 atom stereocenters. The second kappa shape index (κ2) is 12.5. The zero-order valence-corrected chi connectivity index (χ0v) is 18.3. The summed E-state index contributed by atoms with van der Waals surface area (Å²) in [6.45, 7) is 5.69. The highest BCUT2D eigenvalue weighted by Gasteiger charge is 2.48. The number of aliphatic hydroxyl groups is 1. The minimum absolute atomic E-state index is 0.246. The van der Waals surface area contributed by atoms with Gasteiger partial charge in [-0.2, -0.15) is 0 Å². The molecule has 1 heterocycles. The Kier molecular flexibility index (Phi) is 9.40. The summed E-state index contributed by atoms with van der Waals surface area (Å²) in [5.74, 6) is -0.247. The molecule has 3 rings (SSSR count). The van der Waals surface area contributed by atoms with Gasteiger partial charge in [0, 0.05) is 6.92 Å². The summed E-state index contributed by atoms with van der Waals surface area (Å²) < 4.78 is 24.3. The molecular weight excluding hydrogens is 410 g/mol. The van der Waals surface area contributed by atoms with Crippen LogP contribution < -0.4 is 5.32 Å². The molecule has 1 aliphatic heterocycles. The number of nitrogens with one attached hydrogen (secondary N) is 1. The molecule has 1 amide bonds. The van der Waals surface area contributed by atoms with E-state index < -0.39 is 30.6 Å². The van der Waals surface area contributed by atoms with E-state index in [9.17, 15) is 9.90 Å². The normalized spacial score (nSPS) is 25.2. The maximum absolute atomic E-state index is 12.0. The van der Waals surface area contributed by atoms with Gasteiger partial charge in [0.25, 0.3) is 0 Å². The monoisotopic (exact) mass is 441 g/mol. The third kappa shape index (κ3) is 6.72. The van der Waals surface area contributed by atoms with Crippen LogP contribution in [0.5, 0.6) is 0 Å². The fourth-order valence-corrected chi connectivity index (χ4v) is 3.68. The third-order valence-corrected chi connectivity index (χ3v) is 5.15. The molecule has 0 aliphatic carbocycles. The predicted octanol–water partition coefficient (Wildman–Crippen LogP) is 2.58. The van der Waals surface area contributed by atoms with E-state index in [1.165, 1.54) is 6.92 Å². The SMILES string of the molecule is C=CCO[C@@H]1[C@H](NC(C)=O)[C@@H](OCc2ccccc2)O[C@H](CO)[C@H]1OCc1ccccc1. The first kappa shape index (κ1) is 24.1. The summed E-state index contributed by atoms with van der Waals surface area (Å²) in [5, 5.41) is 12.9. The van der Waals surface area contributed by atoms with Gasteiger partial charge in [0.1, 0.15) is 24.4 Å². The van der Waals surface area contributed by atoms with E-state index in [1.54, 1.807) is 6.08 Å². The van der Waals surface area contributed by atoms with Crippen molar-refractivity contribution in [2.45, 2.75) is 50.8 Å². The lowest BCUT2D eigenvalue weighted by Gasteiger charge is -2.45. The van der Waals surface area contributed by atoms with Gasteiger partial charge in [0.2, 0.25) is 5.91 Å². The van der Waals surface area contributed by atoms with E-state index in [0.29, 0.717) is 6.61 Å². The first-order valence-corrected chi connectivity index (χ1v) is 10.7. The molecule has 2 aromatic rings. The lowest BCUT2D eigenvalue weighted by atomic mass is 9.96. The summed E-state index contributed by atoms with van der Waals surface area (Å²) in [4.78, 5) is 12.0. The van der Waals surface area contributed by atoms with E-state index in [1.807, 2.05) is 60.7 Å². The number of ether oxygens (including phenoxy) is 4. The van der Waals surface area contributed by atoms with E-state index in [2.05, 4.69) is 11.9 Å². The summed E-state index contributed by atoms with van der Waals surface area (Å²) in [6.07, 6.45) is -1.15. The van der Waals surface area contributed by atoms with Crippen LogP contribution in [0.4, 0.5) is 0 Å². The number of carbonyl (C=O) groups excluding carboxylic acids is 1. The van der Waals surface area contributed by atoms with Gasteiger partial charge in [0.05, 0.1) is 26.4 Å². The standard InChI is InChI=1S/C25H31NO6/c1-3-14-29-24-22(26-18(2)28)25(31-17-20-12-8-5-9-13-20)32-21(15-27)23(24)30-16-19-10-6-4-7-11-19/h3-13,21-25,27H,1,14-17H2,2H3,(H,26,28)/t21-,22+,23-,24-,25+/m1/s1. The Morgan fingerprint density at radius 2 is 1.59 bits per heavy atom. The molecule has 1 fully saturated rings. The molecule has 0 bridgehead atoms. The average molecular weight is 442 g/mol. The molecule has 2 aromatic carbocycles. The number of carbonyl (C=O) groups is 1. The van der Waals surface area contributed by atoms with Crippen LogP contribution in [-0.2, 0) is 37.0 Å². The fourth-order valence-electron chi connectivity index (χ4n) is 3.68. The molecule has 1 aliphatic rings. The van der Waals surface area contributed by atoms with Crippen LogP contribution in [0.2, 0.25) is 0 Å². The highest BCUT2D eigenvalue weighted by atomic mass is 16.7. The molecular formula is C25H31NO6. The van der Waals surface area contributed by atoms with Crippen molar-refractivity contribution >= 4 is 5.91 Å². The molecule has 0 saturated carbocycles. The Balaban J connectivity index is 1.81. The molecule has 0 aromatic heterocycles. The minimum atomic E-state index is -0.831. The smallest absolute Gasteiger partial charge is 0.217 e. The summed E-state index contributed by atoms with van der Waals surface area (Å²) >= 11 is 0. The van der Waals surface area contributed by atoms with Gasteiger partial charge in [-0.25, -0.2) is 0 Å². The number of hydrogen-bond donors (Lipinski definition) is 2. The Hall–Kier alpha value is -2.55. The lowest BCUT2D eigenvalue weighted by Crippen LogP contribution is -2.65. The Morgan fingerprint density at radius 3 is 2.12 bits per heavy atom. The Labute approximate surface area is 188 Å². The van der Waals surface area contributed by atoms with Gasteiger partial charge in [-0.15, -0.1) is 6.58 Å². The highest BCUT2D eigenvalue weighted by molar-refractivity contribution is 5.73. The van der Waals surface area contributed by atoms with Crippen molar-refractivity contribution in [3.63, 3.8) is 0 Å². The minimum Gasteiger partial charge on any atom is -0.394 e. The van der Waals surface area contributed by atoms with Crippen LogP contribution in [0.1, 0.15) is 18.1 Å². The van der Waals surface area contributed by atoms with Gasteiger partial charge in [-0.3, -0.25) is 4.79 Å². The number of rotatable bonds is 11. The molecule has 7 nitrogen and oxygen atoms in total. The van der Waals surface area contributed by atoms with Crippen molar-refractivity contribution in [3.8, 4) is 0 Å². The first-order chi connectivity index (χ1) is 15.6. The summed E-state index contributed by atoms with van der Waals surface area (Å²) in [7, 11) is 0. The summed E-state index contributed by atoms with van der Waals surface area (Å²) in [5.41, 5.74) is 1.94. The topological polar surface area (TPSA) is 86.3 Å². The average Bonchev–Trinajstić information content (AvgIpc) is 2.82. The van der Waals surface area contributed by atoms with E-state index >= 15 is 0 Å². The van der Waals surface area contributed by atoms with E-state index in [0.717, 1.165) is 11.1 Å². The first-order valence-electron chi connectivity index (χ1n) is 10.7. The molecule has 1 saturated heterocycles. The van der Waals surface area contributed by atoms with Gasteiger partial charge in [-0.1, -0.05) is 66.7 Å². The van der Waals surface area contributed by atoms with Crippen LogP contribution in [0.15, 0.2) is 73.3 Å². The van der Waals surface area contributed by atoms with Gasteiger partial charge in [0.15, 0.2) is 6.29 Å². The van der Waals surface area contributed by atoms with E-state index in [4.69, 9.17) is 18.9 Å². The molecule has 2 N–H and O–H groups in total. The van der Waals surface area contributed by atoms with Crippen molar-refractivity contribution in [1.82, 2.24) is 5.32 Å². The number of benzene rings is 2. The predicted molar refractivity (Wildman–Crippen MR) is 120 cm³/mol. The summed E-state index contributed by atoms with van der Waals surface area (Å²) in [6, 6.07) is 18.7. The Bertz CT molecular complexity index is 831. The van der Waals surface area contributed by atoms with Crippen molar-refractivity contribution < 1.29 is 28.8 Å². The Morgan fingerprint density at radius 1 is 1.00 bits per heavy atom. The molecule has 0 spiro atoms. The quantitative estimate of drug-likeness (QED) is 0.522. The highest BCUT2D eigenvalue weighted by Crippen LogP contribution is 2.28. The second-order valence-corrected chi connectivity index (χ2v) is 7.60.